The Balaban J connectivity index is 1.96. The molecule has 2 unspecified atom stereocenters. The van der Waals surface area contributed by atoms with E-state index in [0.717, 1.165) is 31.7 Å². The lowest BCUT2D eigenvalue weighted by atomic mass is 9.79. The van der Waals surface area contributed by atoms with Crippen LogP contribution in [0.4, 0.5) is 19.0 Å². The van der Waals surface area contributed by atoms with Crippen LogP contribution in [0.3, 0.4) is 0 Å². The largest absolute Gasteiger partial charge is 0.433 e. The number of nitrogens with one attached hydrogen (secondary N) is 1. The van der Waals surface area contributed by atoms with Gasteiger partial charge >= 0.3 is 6.18 Å². The number of aliphatic hydroxyl groups is 1. The second-order valence-corrected chi connectivity index (χ2v) is 5.27. The molecule has 1 heterocycles. The highest BCUT2D eigenvalue weighted by atomic mass is 19.4. The fourth-order valence-corrected chi connectivity index (χ4v) is 2.72. The van der Waals surface area contributed by atoms with Gasteiger partial charge in [-0.2, -0.15) is 13.2 Å². The molecule has 0 bridgehead atoms. The lowest BCUT2D eigenvalue weighted by molar-refractivity contribution is -0.141. The molecule has 1 aliphatic carbocycles. The first-order chi connectivity index (χ1) is 9.50. The molecule has 2 rings (SSSR count). The van der Waals surface area contributed by atoms with Crippen molar-refractivity contribution in [3.8, 4) is 0 Å². The summed E-state index contributed by atoms with van der Waals surface area (Å²) in [6, 6.07) is 3.84. The molecule has 0 spiro atoms. The first kappa shape index (κ1) is 15.1. The predicted octanol–water partition coefficient (Wildman–Crippen LogP) is 3.31. The van der Waals surface area contributed by atoms with E-state index < -0.39 is 11.9 Å². The third-order valence-electron chi connectivity index (χ3n) is 3.89. The number of alkyl halides is 3. The summed E-state index contributed by atoms with van der Waals surface area (Å²) in [5, 5.41) is 12.3. The Bertz CT molecular complexity index is 437. The summed E-state index contributed by atoms with van der Waals surface area (Å²) >= 11 is 0. The number of aromatic nitrogens is 1. The maximum atomic E-state index is 12.6. The number of pyridine rings is 1. The van der Waals surface area contributed by atoms with Gasteiger partial charge in [-0.05, 0) is 36.8 Å². The van der Waals surface area contributed by atoms with Gasteiger partial charge in [-0.3, -0.25) is 0 Å². The van der Waals surface area contributed by atoms with Crippen molar-refractivity contribution in [3.05, 3.63) is 23.9 Å². The van der Waals surface area contributed by atoms with Crippen LogP contribution in [0, 0.1) is 11.8 Å². The highest BCUT2D eigenvalue weighted by Crippen LogP contribution is 2.31. The minimum absolute atomic E-state index is 0.141. The SMILES string of the molecule is OCC1CCCCC1CNc1cccc(C(F)(F)F)n1. The maximum absolute atomic E-state index is 12.6. The number of hydrogen-bond acceptors (Lipinski definition) is 3. The van der Waals surface area contributed by atoms with Crippen molar-refractivity contribution in [1.29, 1.82) is 0 Å². The Hall–Kier alpha value is -1.30. The van der Waals surface area contributed by atoms with Gasteiger partial charge in [0.15, 0.2) is 0 Å². The van der Waals surface area contributed by atoms with Gasteiger partial charge in [0, 0.05) is 13.2 Å². The van der Waals surface area contributed by atoms with Crippen LogP contribution in [0.5, 0.6) is 0 Å². The van der Waals surface area contributed by atoms with Crippen LogP contribution in [-0.2, 0) is 6.18 Å². The van der Waals surface area contributed by atoms with Crippen molar-refractivity contribution >= 4 is 5.82 Å². The van der Waals surface area contributed by atoms with Crippen LogP contribution >= 0.6 is 0 Å². The minimum Gasteiger partial charge on any atom is -0.396 e. The summed E-state index contributed by atoms with van der Waals surface area (Å²) in [4.78, 5) is 3.58. The highest BCUT2D eigenvalue weighted by Gasteiger charge is 2.32. The lowest BCUT2D eigenvalue weighted by Crippen LogP contribution is -2.29. The van der Waals surface area contributed by atoms with Gasteiger partial charge in [0.1, 0.15) is 11.5 Å². The van der Waals surface area contributed by atoms with Crippen molar-refractivity contribution < 1.29 is 18.3 Å². The summed E-state index contributed by atoms with van der Waals surface area (Å²) in [7, 11) is 0. The first-order valence-electron chi connectivity index (χ1n) is 6.89. The molecular weight excluding hydrogens is 269 g/mol. The molecule has 20 heavy (non-hydrogen) atoms. The molecule has 6 heteroatoms. The van der Waals surface area contributed by atoms with Gasteiger partial charge in [0.05, 0.1) is 0 Å². The van der Waals surface area contributed by atoms with E-state index in [1.54, 1.807) is 0 Å². The van der Waals surface area contributed by atoms with Crippen LogP contribution in [-0.4, -0.2) is 23.2 Å². The van der Waals surface area contributed by atoms with Crippen LogP contribution < -0.4 is 5.32 Å². The first-order valence-corrected chi connectivity index (χ1v) is 6.89. The second kappa shape index (κ2) is 6.43. The smallest absolute Gasteiger partial charge is 0.396 e. The molecule has 2 atom stereocenters. The second-order valence-electron chi connectivity index (χ2n) is 5.27. The van der Waals surface area contributed by atoms with Crippen molar-refractivity contribution in [1.82, 2.24) is 4.98 Å². The summed E-state index contributed by atoms with van der Waals surface area (Å²) in [5.41, 5.74) is -0.884. The quantitative estimate of drug-likeness (QED) is 0.893. The number of nitrogens with zero attached hydrogens (tertiary/aromatic N) is 1. The fraction of sp³-hybridized carbons (Fsp3) is 0.643. The van der Waals surface area contributed by atoms with Gasteiger partial charge in [-0.1, -0.05) is 18.9 Å². The molecule has 0 aromatic carbocycles. The van der Waals surface area contributed by atoms with E-state index in [1.165, 1.54) is 12.1 Å². The van der Waals surface area contributed by atoms with Gasteiger partial charge in [-0.15, -0.1) is 0 Å². The molecule has 3 nitrogen and oxygen atoms in total. The van der Waals surface area contributed by atoms with E-state index in [4.69, 9.17) is 0 Å². The molecule has 1 aromatic heterocycles. The van der Waals surface area contributed by atoms with Gasteiger partial charge in [0.25, 0.3) is 0 Å². The van der Waals surface area contributed by atoms with Crippen molar-refractivity contribution in [2.75, 3.05) is 18.5 Å². The third kappa shape index (κ3) is 3.85. The van der Waals surface area contributed by atoms with E-state index in [9.17, 15) is 18.3 Å². The lowest BCUT2D eigenvalue weighted by Gasteiger charge is -2.30. The molecule has 2 N–H and O–H groups in total. The summed E-state index contributed by atoms with van der Waals surface area (Å²) in [5.74, 6) is 0.772. The molecule has 0 radical (unpaired) electrons. The third-order valence-corrected chi connectivity index (χ3v) is 3.89. The fourth-order valence-electron chi connectivity index (χ4n) is 2.72. The van der Waals surface area contributed by atoms with E-state index in [0.29, 0.717) is 12.5 Å². The molecule has 1 saturated carbocycles. The molecule has 0 saturated heterocycles. The number of hydrogen-bond donors (Lipinski definition) is 2. The predicted molar refractivity (Wildman–Crippen MR) is 70.3 cm³/mol. The van der Waals surface area contributed by atoms with E-state index in [-0.39, 0.29) is 18.3 Å². The zero-order chi connectivity index (χ0) is 14.6. The Labute approximate surface area is 116 Å². The van der Waals surface area contributed by atoms with Crippen molar-refractivity contribution in [3.63, 3.8) is 0 Å². The Morgan fingerprint density at radius 2 is 1.90 bits per heavy atom. The summed E-state index contributed by atoms with van der Waals surface area (Å²) < 4.78 is 37.7. The number of rotatable bonds is 4. The van der Waals surface area contributed by atoms with Crippen LogP contribution in [0.2, 0.25) is 0 Å². The zero-order valence-corrected chi connectivity index (χ0v) is 11.2. The molecular formula is C14H19F3N2O. The minimum atomic E-state index is -4.42. The van der Waals surface area contributed by atoms with Crippen molar-refractivity contribution in [2.45, 2.75) is 31.9 Å². The summed E-state index contributed by atoms with van der Waals surface area (Å²) in [6.45, 7) is 0.696. The average Bonchev–Trinajstić information content (AvgIpc) is 2.45. The van der Waals surface area contributed by atoms with Crippen LogP contribution in [0.25, 0.3) is 0 Å². The Morgan fingerprint density at radius 1 is 1.20 bits per heavy atom. The van der Waals surface area contributed by atoms with Crippen molar-refractivity contribution in [2.24, 2.45) is 11.8 Å². The molecule has 1 aliphatic rings. The molecule has 1 aromatic rings. The van der Waals surface area contributed by atoms with Crippen LogP contribution in [0.1, 0.15) is 31.4 Å². The Morgan fingerprint density at radius 3 is 2.55 bits per heavy atom. The number of anilines is 1. The number of aliphatic hydroxyl groups excluding tert-OH is 1. The summed E-state index contributed by atoms with van der Waals surface area (Å²) in [6.07, 6.45) is -0.214. The highest BCUT2D eigenvalue weighted by molar-refractivity contribution is 5.36. The average molecular weight is 288 g/mol. The number of halogens is 3. The monoisotopic (exact) mass is 288 g/mol. The topological polar surface area (TPSA) is 45.1 Å². The van der Waals surface area contributed by atoms with E-state index in [2.05, 4.69) is 10.3 Å². The standard InChI is InChI=1S/C14H19F3N2O/c15-14(16,17)12-6-3-7-13(19-12)18-8-10-4-1-2-5-11(10)9-20/h3,6-7,10-11,20H,1-2,4-5,8-9H2,(H,18,19). The van der Waals surface area contributed by atoms with Gasteiger partial charge in [0.2, 0.25) is 0 Å². The van der Waals surface area contributed by atoms with E-state index >= 15 is 0 Å². The normalized spacial score (nSPS) is 23.6. The van der Waals surface area contributed by atoms with Gasteiger partial charge < -0.3 is 10.4 Å². The Kier molecular flexibility index (Phi) is 4.86. The molecule has 0 amide bonds. The molecule has 0 aliphatic heterocycles. The van der Waals surface area contributed by atoms with Crippen LogP contribution in [0.15, 0.2) is 18.2 Å². The van der Waals surface area contributed by atoms with Gasteiger partial charge in [-0.25, -0.2) is 4.98 Å². The maximum Gasteiger partial charge on any atom is 0.433 e. The van der Waals surface area contributed by atoms with E-state index in [1.807, 2.05) is 0 Å². The molecule has 112 valence electrons. The molecule has 1 fully saturated rings. The zero-order valence-electron chi connectivity index (χ0n) is 11.2.